The quantitative estimate of drug-likeness (QED) is 0.745. The third-order valence-corrected chi connectivity index (χ3v) is 5.39. The van der Waals surface area contributed by atoms with Crippen molar-refractivity contribution in [3.05, 3.63) is 58.3 Å². The number of pyridine rings is 1. The predicted octanol–water partition coefficient (Wildman–Crippen LogP) is 4.45. The van der Waals surface area contributed by atoms with Gasteiger partial charge in [0.05, 0.1) is 18.3 Å². The maximum atomic E-state index is 13.4. The SMILES string of the molecule is COc1ccc2c(=O)c(C)c(-c3ccc(N4CCC(F)CC4)cc3)[nH]c2c1. The molecule has 1 saturated heterocycles. The van der Waals surface area contributed by atoms with Crippen molar-refractivity contribution in [2.24, 2.45) is 0 Å². The fourth-order valence-electron chi connectivity index (χ4n) is 3.73. The lowest BCUT2D eigenvalue weighted by Crippen LogP contribution is -2.34. The molecule has 0 unspecified atom stereocenters. The van der Waals surface area contributed by atoms with Gasteiger partial charge >= 0.3 is 0 Å². The summed E-state index contributed by atoms with van der Waals surface area (Å²) in [7, 11) is 1.61. The Hall–Kier alpha value is -2.82. The third kappa shape index (κ3) is 3.29. The van der Waals surface area contributed by atoms with Gasteiger partial charge in [0.15, 0.2) is 5.43 Å². The van der Waals surface area contributed by atoms with Gasteiger partial charge in [-0.2, -0.15) is 0 Å². The minimum Gasteiger partial charge on any atom is -0.497 e. The molecule has 0 amide bonds. The van der Waals surface area contributed by atoms with Gasteiger partial charge in [0.1, 0.15) is 11.9 Å². The number of nitrogens with one attached hydrogen (secondary N) is 1. The number of rotatable bonds is 3. The summed E-state index contributed by atoms with van der Waals surface area (Å²) in [6.45, 7) is 3.33. The van der Waals surface area contributed by atoms with Crippen LogP contribution < -0.4 is 15.1 Å². The summed E-state index contributed by atoms with van der Waals surface area (Å²) in [5.74, 6) is 0.708. The van der Waals surface area contributed by atoms with Crippen molar-refractivity contribution in [2.45, 2.75) is 25.9 Å². The zero-order chi connectivity index (χ0) is 19.0. The number of aromatic nitrogens is 1. The fourth-order valence-corrected chi connectivity index (χ4v) is 3.73. The number of halogens is 1. The Morgan fingerprint density at radius 1 is 1.11 bits per heavy atom. The number of hydrogen-bond acceptors (Lipinski definition) is 3. The second-order valence-electron chi connectivity index (χ2n) is 7.07. The molecule has 27 heavy (non-hydrogen) atoms. The Morgan fingerprint density at radius 2 is 1.81 bits per heavy atom. The number of benzene rings is 2. The molecule has 1 aromatic heterocycles. The number of methoxy groups -OCH3 is 1. The lowest BCUT2D eigenvalue weighted by Gasteiger charge is -2.30. The van der Waals surface area contributed by atoms with E-state index in [1.165, 1.54) is 0 Å². The van der Waals surface area contributed by atoms with Crippen LogP contribution in [0, 0.1) is 6.92 Å². The lowest BCUT2D eigenvalue weighted by molar-refractivity contribution is 0.277. The highest BCUT2D eigenvalue weighted by Crippen LogP contribution is 2.27. The molecule has 0 bridgehead atoms. The van der Waals surface area contributed by atoms with Crippen LogP contribution >= 0.6 is 0 Å². The first-order valence-electron chi connectivity index (χ1n) is 9.27. The largest absolute Gasteiger partial charge is 0.497 e. The summed E-state index contributed by atoms with van der Waals surface area (Å²) >= 11 is 0. The average molecular weight is 366 g/mol. The summed E-state index contributed by atoms with van der Waals surface area (Å²) < 4.78 is 18.6. The Morgan fingerprint density at radius 3 is 2.48 bits per heavy atom. The van der Waals surface area contributed by atoms with Crippen LogP contribution in [-0.2, 0) is 0 Å². The van der Waals surface area contributed by atoms with E-state index >= 15 is 0 Å². The molecule has 140 valence electrons. The van der Waals surface area contributed by atoms with E-state index in [1.54, 1.807) is 19.2 Å². The van der Waals surface area contributed by atoms with Crippen molar-refractivity contribution in [1.82, 2.24) is 4.98 Å². The van der Waals surface area contributed by atoms with E-state index in [9.17, 15) is 9.18 Å². The van der Waals surface area contributed by atoms with Crippen LogP contribution in [0.5, 0.6) is 5.75 Å². The zero-order valence-electron chi connectivity index (χ0n) is 15.6. The van der Waals surface area contributed by atoms with Crippen LogP contribution in [0.3, 0.4) is 0 Å². The second kappa shape index (κ2) is 7.06. The van der Waals surface area contributed by atoms with E-state index in [-0.39, 0.29) is 5.43 Å². The monoisotopic (exact) mass is 366 g/mol. The van der Waals surface area contributed by atoms with Crippen molar-refractivity contribution in [3.63, 3.8) is 0 Å². The topological polar surface area (TPSA) is 45.3 Å². The van der Waals surface area contributed by atoms with Crippen molar-refractivity contribution in [2.75, 3.05) is 25.1 Å². The molecule has 0 aliphatic carbocycles. The number of alkyl halides is 1. The molecule has 1 aliphatic heterocycles. The molecule has 2 heterocycles. The second-order valence-corrected chi connectivity index (χ2v) is 7.07. The van der Waals surface area contributed by atoms with Gasteiger partial charge in [-0.3, -0.25) is 4.79 Å². The summed E-state index contributed by atoms with van der Waals surface area (Å²) in [4.78, 5) is 18.4. The summed E-state index contributed by atoms with van der Waals surface area (Å²) in [6.07, 6.45) is 0.490. The number of hydrogen-bond donors (Lipinski definition) is 1. The first kappa shape index (κ1) is 17.6. The fraction of sp³-hybridized carbons (Fsp3) is 0.318. The molecule has 5 heteroatoms. The molecule has 1 N–H and O–H groups in total. The number of nitrogens with zero attached hydrogens (tertiary/aromatic N) is 1. The molecule has 0 atom stereocenters. The normalized spacial score (nSPS) is 15.3. The molecular weight excluding hydrogens is 343 g/mol. The van der Waals surface area contributed by atoms with Gasteiger partial charge in [0.2, 0.25) is 0 Å². The van der Waals surface area contributed by atoms with Crippen LogP contribution in [0.4, 0.5) is 10.1 Å². The highest BCUT2D eigenvalue weighted by Gasteiger charge is 2.18. The van der Waals surface area contributed by atoms with Crippen LogP contribution in [0.1, 0.15) is 18.4 Å². The summed E-state index contributed by atoms with van der Waals surface area (Å²) in [5.41, 5.74) is 4.34. The number of anilines is 1. The third-order valence-electron chi connectivity index (χ3n) is 5.39. The number of aromatic amines is 1. The van der Waals surface area contributed by atoms with E-state index in [0.717, 1.165) is 35.6 Å². The van der Waals surface area contributed by atoms with Crippen molar-refractivity contribution in [3.8, 4) is 17.0 Å². The molecule has 1 aliphatic rings. The first-order chi connectivity index (χ1) is 13.1. The zero-order valence-corrected chi connectivity index (χ0v) is 15.6. The van der Waals surface area contributed by atoms with Crippen LogP contribution in [0.25, 0.3) is 22.2 Å². The maximum Gasteiger partial charge on any atom is 0.192 e. The Labute approximate surface area is 157 Å². The van der Waals surface area contributed by atoms with Crippen molar-refractivity contribution < 1.29 is 9.13 Å². The average Bonchev–Trinajstić information content (AvgIpc) is 2.71. The van der Waals surface area contributed by atoms with Gasteiger partial charge in [-0.05, 0) is 49.6 Å². The highest BCUT2D eigenvalue weighted by molar-refractivity contribution is 5.84. The van der Waals surface area contributed by atoms with E-state index in [0.29, 0.717) is 29.5 Å². The van der Waals surface area contributed by atoms with Crippen molar-refractivity contribution >= 4 is 16.6 Å². The summed E-state index contributed by atoms with van der Waals surface area (Å²) in [6, 6.07) is 13.5. The number of ether oxygens (including phenoxy) is 1. The van der Waals surface area contributed by atoms with Crippen LogP contribution in [0.15, 0.2) is 47.3 Å². The first-order valence-corrected chi connectivity index (χ1v) is 9.27. The summed E-state index contributed by atoms with van der Waals surface area (Å²) in [5, 5.41) is 0.655. The molecular formula is C22H23FN2O2. The standard InChI is InChI=1S/C22H23FN2O2/c1-14-21(24-20-13-18(27-2)7-8-19(20)22(14)26)15-3-5-17(6-4-15)25-11-9-16(23)10-12-25/h3-8,13,16H,9-12H2,1-2H3,(H,24,26). The lowest BCUT2D eigenvalue weighted by atomic mass is 10.0. The number of piperidine rings is 1. The highest BCUT2D eigenvalue weighted by atomic mass is 19.1. The van der Waals surface area contributed by atoms with E-state index in [4.69, 9.17) is 4.74 Å². The van der Waals surface area contributed by atoms with E-state index in [2.05, 4.69) is 9.88 Å². The maximum absolute atomic E-state index is 13.4. The van der Waals surface area contributed by atoms with Gasteiger partial charge in [0, 0.05) is 35.8 Å². The molecule has 0 radical (unpaired) electrons. The van der Waals surface area contributed by atoms with Gasteiger partial charge in [0.25, 0.3) is 0 Å². The molecule has 1 fully saturated rings. The van der Waals surface area contributed by atoms with Crippen LogP contribution in [0.2, 0.25) is 0 Å². The Kier molecular flexibility index (Phi) is 4.60. The Balaban J connectivity index is 1.71. The smallest absolute Gasteiger partial charge is 0.192 e. The molecule has 0 saturated carbocycles. The number of fused-ring (bicyclic) bond motifs is 1. The van der Waals surface area contributed by atoms with E-state index in [1.807, 2.05) is 37.3 Å². The molecule has 4 nitrogen and oxygen atoms in total. The molecule has 3 aromatic rings. The molecule has 2 aromatic carbocycles. The minimum absolute atomic E-state index is 0.0236. The molecule has 0 spiro atoms. The van der Waals surface area contributed by atoms with Crippen LogP contribution in [-0.4, -0.2) is 31.4 Å². The molecule has 4 rings (SSSR count). The van der Waals surface area contributed by atoms with Gasteiger partial charge in [-0.1, -0.05) is 12.1 Å². The minimum atomic E-state index is -0.678. The van der Waals surface area contributed by atoms with E-state index < -0.39 is 6.17 Å². The Bertz CT molecular complexity index is 1020. The van der Waals surface area contributed by atoms with Gasteiger partial charge < -0.3 is 14.6 Å². The van der Waals surface area contributed by atoms with Gasteiger partial charge in [-0.25, -0.2) is 4.39 Å². The van der Waals surface area contributed by atoms with Crippen molar-refractivity contribution in [1.29, 1.82) is 0 Å². The number of H-pyrrole nitrogens is 1. The predicted molar refractivity (Wildman–Crippen MR) is 108 cm³/mol. The van der Waals surface area contributed by atoms with Gasteiger partial charge in [-0.15, -0.1) is 0 Å².